The topological polar surface area (TPSA) is 91.6 Å². The minimum Gasteiger partial charge on any atom is -0.478 e. The van der Waals surface area contributed by atoms with Crippen molar-refractivity contribution in [3.8, 4) is 11.8 Å². The lowest BCUT2D eigenvalue weighted by molar-refractivity contribution is 0.0698. The van der Waals surface area contributed by atoms with Crippen LogP contribution in [0.1, 0.15) is 51.8 Å². The van der Waals surface area contributed by atoms with E-state index in [-0.39, 0.29) is 17.2 Å². The Morgan fingerprint density at radius 2 is 1.87 bits per heavy atom. The van der Waals surface area contributed by atoms with E-state index >= 15 is 0 Å². The van der Waals surface area contributed by atoms with E-state index in [0.29, 0.717) is 24.2 Å². The standard InChI is InChI=1S/C25H24N2O4/c1-2-3-15-26-23-17-18(8-6-9-19-10-7-16-31-19)13-14-20(23)24(28)27-22-12-5-4-11-21(22)25(29)30/h4-5,7,10-14,16-17,26H,2-3,9,15H2,1H3,(H,27,28)(H,29,30). The number of carboxylic acid groups (broad SMARTS) is 1. The van der Waals surface area contributed by atoms with Crippen molar-refractivity contribution in [1.82, 2.24) is 0 Å². The van der Waals surface area contributed by atoms with Crippen LogP contribution in [0.5, 0.6) is 0 Å². The van der Waals surface area contributed by atoms with Gasteiger partial charge in [-0.25, -0.2) is 4.79 Å². The number of para-hydroxylation sites is 1. The number of anilines is 2. The van der Waals surface area contributed by atoms with Crippen molar-refractivity contribution in [2.45, 2.75) is 26.2 Å². The van der Waals surface area contributed by atoms with Crippen LogP contribution in [-0.4, -0.2) is 23.5 Å². The maximum atomic E-state index is 12.9. The second kappa shape index (κ2) is 10.7. The van der Waals surface area contributed by atoms with E-state index in [1.54, 1.807) is 36.6 Å². The Hall–Kier alpha value is -3.98. The van der Waals surface area contributed by atoms with Gasteiger partial charge in [-0.05, 0) is 48.9 Å². The molecule has 0 bridgehead atoms. The summed E-state index contributed by atoms with van der Waals surface area (Å²) in [4.78, 5) is 24.4. The predicted octanol–water partition coefficient (Wildman–Crippen LogP) is 5.04. The fraction of sp³-hybridized carbons (Fsp3) is 0.200. The summed E-state index contributed by atoms with van der Waals surface area (Å²) in [5.41, 5.74) is 2.14. The molecule has 0 aliphatic rings. The first-order valence-electron chi connectivity index (χ1n) is 10.1. The molecular weight excluding hydrogens is 392 g/mol. The molecule has 0 aliphatic heterocycles. The summed E-state index contributed by atoms with van der Waals surface area (Å²) in [7, 11) is 0. The van der Waals surface area contributed by atoms with Crippen LogP contribution < -0.4 is 10.6 Å². The molecule has 0 saturated heterocycles. The molecule has 158 valence electrons. The van der Waals surface area contributed by atoms with Crippen LogP contribution in [0.3, 0.4) is 0 Å². The van der Waals surface area contributed by atoms with Crippen molar-refractivity contribution >= 4 is 23.3 Å². The van der Waals surface area contributed by atoms with E-state index in [2.05, 4.69) is 29.4 Å². The summed E-state index contributed by atoms with van der Waals surface area (Å²) in [6.07, 6.45) is 4.09. The number of unbranched alkanes of at least 4 members (excludes halogenated alkanes) is 1. The molecule has 0 saturated carbocycles. The van der Waals surface area contributed by atoms with Gasteiger partial charge in [0.2, 0.25) is 0 Å². The Balaban J connectivity index is 1.83. The van der Waals surface area contributed by atoms with Gasteiger partial charge in [-0.1, -0.05) is 37.3 Å². The number of hydrogen-bond donors (Lipinski definition) is 3. The summed E-state index contributed by atoms with van der Waals surface area (Å²) in [5, 5.41) is 15.4. The molecule has 2 aromatic carbocycles. The number of aromatic carboxylic acids is 1. The molecule has 3 aromatic rings. The fourth-order valence-corrected chi connectivity index (χ4v) is 2.98. The van der Waals surface area contributed by atoms with Gasteiger partial charge in [-0.2, -0.15) is 0 Å². The summed E-state index contributed by atoms with van der Waals surface area (Å²) in [5.74, 6) is 5.47. The molecule has 0 fully saturated rings. The molecule has 1 heterocycles. The number of nitrogens with one attached hydrogen (secondary N) is 2. The largest absolute Gasteiger partial charge is 0.478 e. The molecule has 0 aliphatic carbocycles. The normalized spacial score (nSPS) is 10.1. The Kier molecular flexibility index (Phi) is 7.50. The number of benzene rings is 2. The van der Waals surface area contributed by atoms with E-state index in [1.807, 2.05) is 18.2 Å². The molecule has 6 nitrogen and oxygen atoms in total. The van der Waals surface area contributed by atoms with E-state index in [1.165, 1.54) is 6.07 Å². The van der Waals surface area contributed by atoms with Gasteiger partial charge in [0.15, 0.2) is 0 Å². The van der Waals surface area contributed by atoms with E-state index in [4.69, 9.17) is 4.42 Å². The highest BCUT2D eigenvalue weighted by atomic mass is 16.4. The highest BCUT2D eigenvalue weighted by Crippen LogP contribution is 2.22. The first-order valence-corrected chi connectivity index (χ1v) is 10.1. The molecule has 31 heavy (non-hydrogen) atoms. The zero-order chi connectivity index (χ0) is 22.1. The lowest BCUT2D eigenvalue weighted by Gasteiger charge is -2.14. The molecular formula is C25H24N2O4. The average molecular weight is 416 g/mol. The molecule has 0 unspecified atom stereocenters. The minimum atomic E-state index is -1.10. The van der Waals surface area contributed by atoms with E-state index in [9.17, 15) is 14.7 Å². The van der Waals surface area contributed by atoms with Crippen molar-refractivity contribution in [3.05, 3.63) is 83.3 Å². The van der Waals surface area contributed by atoms with Gasteiger partial charge in [-0.3, -0.25) is 4.79 Å². The molecule has 0 spiro atoms. The van der Waals surface area contributed by atoms with Gasteiger partial charge in [0, 0.05) is 17.8 Å². The third-order valence-electron chi connectivity index (χ3n) is 4.59. The Bertz CT molecular complexity index is 1110. The third kappa shape index (κ3) is 6.00. The smallest absolute Gasteiger partial charge is 0.337 e. The summed E-state index contributed by atoms with van der Waals surface area (Å²) >= 11 is 0. The van der Waals surface area contributed by atoms with Gasteiger partial charge in [0.1, 0.15) is 5.76 Å². The van der Waals surface area contributed by atoms with Crippen molar-refractivity contribution in [1.29, 1.82) is 0 Å². The van der Waals surface area contributed by atoms with Gasteiger partial charge in [0.25, 0.3) is 5.91 Å². The van der Waals surface area contributed by atoms with Crippen LogP contribution in [0.15, 0.2) is 65.3 Å². The molecule has 3 rings (SSSR count). The molecule has 3 N–H and O–H groups in total. The van der Waals surface area contributed by atoms with Crippen LogP contribution in [-0.2, 0) is 6.42 Å². The molecule has 1 aromatic heterocycles. The monoisotopic (exact) mass is 416 g/mol. The molecule has 0 atom stereocenters. The summed E-state index contributed by atoms with van der Waals surface area (Å²) in [6, 6.07) is 15.3. The predicted molar refractivity (Wildman–Crippen MR) is 120 cm³/mol. The number of carboxylic acids is 1. The lowest BCUT2D eigenvalue weighted by atomic mass is 10.1. The van der Waals surface area contributed by atoms with Crippen molar-refractivity contribution < 1.29 is 19.1 Å². The number of carbonyl (C=O) groups excluding carboxylic acids is 1. The van der Waals surface area contributed by atoms with Crippen molar-refractivity contribution in [3.63, 3.8) is 0 Å². The number of hydrogen-bond acceptors (Lipinski definition) is 4. The SMILES string of the molecule is CCCCNc1cc(C#CCc2ccco2)ccc1C(=O)Nc1ccccc1C(=O)O. The van der Waals surface area contributed by atoms with Crippen LogP contribution in [0.2, 0.25) is 0 Å². The van der Waals surface area contributed by atoms with Crippen LogP contribution in [0.25, 0.3) is 0 Å². The van der Waals surface area contributed by atoms with Gasteiger partial charge in [-0.15, -0.1) is 0 Å². The van der Waals surface area contributed by atoms with E-state index < -0.39 is 5.97 Å². The molecule has 1 amide bonds. The van der Waals surface area contributed by atoms with Crippen LogP contribution >= 0.6 is 0 Å². The second-order valence-electron chi connectivity index (χ2n) is 6.90. The maximum absolute atomic E-state index is 12.9. The number of rotatable bonds is 8. The van der Waals surface area contributed by atoms with Gasteiger partial charge >= 0.3 is 5.97 Å². The lowest BCUT2D eigenvalue weighted by Crippen LogP contribution is -2.17. The number of carbonyl (C=O) groups is 2. The maximum Gasteiger partial charge on any atom is 0.337 e. The van der Waals surface area contributed by atoms with Crippen molar-refractivity contribution in [2.24, 2.45) is 0 Å². The second-order valence-corrected chi connectivity index (χ2v) is 6.90. The van der Waals surface area contributed by atoms with Crippen molar-refractivity contribution in [2.75, 3.05) is 17.2 Å². The van der Waals surface area contributed by atoms with Gasteiger partial charge < -0.3 is 20.2 Å². The number of furan rings is 1. The molecule has 0 radical (unpaired) electrons. The Morgan fingerprint density at radius 1 is 1.03 bits per heavy atom. The minimum absolute atomic E-state index is 0.0387. The first kappa shape index (κ1) is 21.7. The average Bonchev–Trinajstić information content (AvgIpc) is 3.28. The third-order valence-corrected chi connectivity index (χ3v) is 4.59. The zero-order valence-electron chi connectivity index (χ0n) is 17.3. The Morgan fingerprint density at radius 3 is 2.61 bits per heavy atom. The first-order chi connectivity index (χ1) is 15.1. The van der Waals surface area contributed by atoms with Gasteiger partial charge in [0.05, 0.1) is 29.5 Å². The van der Waals surface area contributed by atoms with Crippen LogP contribution in [0, 0.1) is 11.8 Å². The zero-order valence-corrected chi connectivity index (χ0v) is 17.3. The summed E-state index contributed by atoms with van der Waals surface area (Å²) < 4.78 is 5.28. The fourth-order valence-electron chi connectivity index (χ4n) is 2.98. The van der Waals surface area contributed by atoms with E-state index in [0.717, 1.165) is 24.2 Å². The number of amides is 1. The Labute approximate surface area is 181 Å². The summed E-state index contributed by atoms with van der Waals surface area (Å²) in [6.45, 7) is 2.81. The quantitative estimate of drug-likeness (QED) is 0.354. The highest BCUT2D eigenvalue weighted by molar-refractivity contribution is 6.10. The highest BCUT2D eigenvalue weighted by Gasteiger charge is 2.16. The van der Waals surface area contributed by atoms with Crippen LogP contribution in [0.4, 0.5) is 11.4 Å². The molecule has 6 heteroatoms.